The molecule has 0 fully saturated rings. The van der Waals surface area contributed by atoms with Crippen molar-refractivity contribution in [2.75, 3.05) is 6.61 Å². The van der Waals surface area contributed by atoms with Crippen molar-refractivity contribution in [3.8, 4) is 0 Å². The van der Waals surface area contributed by atoms with Crippen LogP contribution in [0.15, 0.2) is 42.5 Å². The molecule has 1 aromatic rings. The number of carbonyl (C=O) groups is 1. The van der Waals surface area contributed by atoms with Crippen molar-refractivity contribution in [3.63, 3.8) is 0 Å². The summed E-state index contributed by atoms with van der Waals surface area (Å²) >= 11 is 0. The van der Waals surface area contributed by atoms with Crippen molar-refractivity contribution in [2.45, 2.75) is 18.8 Å². The molecule has 0 aliphatic carbocycles. The van der Waals surface area contributed by atoms with Gasteiger partial charge in [0.25, 0.3) is 0 Å². The SMILES string of the molecule is O=C(O)/C=C/CCC(CO)c1ccccc1. The summed E-state index contributed by atoms with van der Waals surface area (Å²) in [5.74, 6) is -0.847. The highest BCUT2D eigenvalue weighted by atomic mass is 16.4. The number of aliphatic carboxylic acids is 1. The van der Waals surface area contributed by atoms with Crippen molar-refractivity contribution in [1.29, 1.82) is 0 Å². The highest BCUT2D eigenvalue weighted by molar-refractivity contribution is 5.79. The molecule has 0 bridgehead atoms. The highest BCUT2D eigenvalue weighted by Gasteiger charge is 2.08. The van der Waals surface area contributed by atoms with Gasteiger partial charge in [-0.3, -0.25) is 0 Å². The average molecular weight is 220 g/mol. The first-order chi connectivity index (χ1) is 7.74. The van der Waals surface area contributed by atoms with Gasteiger partial charge in [0.15, 0.2) is 0 Å². The normalized spacial score (nSPS) is 12.8. The lowest BCUT2D eigenvalue weighted by atomic mass is 9.95. The second kappa shape index (κ2) is 6.80. The summed E-state index contributed by atoms with van der Waals surface area (Å²) in [6, 6.07) is 9.75. The molecule has 0 radical (unpaired) electrons. The number of rotatable bonds is 6. The minimum Gasteiger partial charge on any atom is -0.478 e. The van der Waals surface area contributed by atoms with Crippen LogP contribution in [0.5, 0.6) is 0 Å². The van der Waals surface area contributed by atoms with E-state index >= 15 is 0 Å². The van der Waals surface area contributed by atoms with E-state index < -0.39 is 5.97 Å². The molecule has 0 aliphatic rings. The number of benzene rings is 1. The Balaban J connectivity index is 2.47. The van der Waals surface area contributed by atoms with Gasteiger partial charge < -0.3 is 10.2 Å². The molecular formula is C13H16O3. The molecule has 0 heterocycles. The van der Waals surface area contributed by atoms with E-state index in [1.54, 1.807) is 6.08 Å². The van der Waals surface area contributed by atoms with E-state index in [1.165, 1.54) is 0 Å². The minimum absolute atomic E-state index is 0.0830. The smallest absolute Gasteiger partial charge is 0.327 e. The Morgan fingerprint density at radius 1 is 1.31 bits per heavy atom. The molecule has 1 rings (SSSR count). The maximum Gasteiger partial charge on any atom is 0.327 e. The number of aliphatic hydroxyl groups is 1. The van der Waals surface area contributed by atoms with Gasteiger partial charge in [0.2, 0.25) is 0 Å². The van der Waals surface area contributed by atoms with Crippen molar-refractivity contribution in [2.24, 2.45) is 0 Å². The van der Waals surface area contributed by atoms with Gasteiger partial charge in [-0.25, -0.2) is 4.79 Å². The Morgan fingerprint density at radius 3 is 2.56 bits per heavy atom. The summed E-state index contributed by atoms with van der Waals surface area (Å²) in [6.45, 7) is 0.0882. The predicted molar refractivity (Wildman–Crippen MR) is 62.3 cm³/mol. The van der Waals surface area contributed by atoms with E-state index in [4.69, 9.17) is 5.11 Å². The van der Waals surface area contributed by atoms with Gasteiger partial charge in [0.05, 0.1) is 0 Å². The molecule has 1 unspecified atom stereocenters. The van der Waals surface area contributed by atoms with Gasteiger partial charge in [-0.2, -0.15) is 0 Å². The van der Waals surface area contributed by atoms with E-state index in [1.807, 2.05) is 30.3 Å². The summed E-state index contributed by atoms with van der Waals surface area (Å²) in [7, 11) is 0. The third-order valence-corrected chi connectivity index (χ3v) is 2.43. The lowest BCUT2D eigenvalue weighted by molar-refractivity contribution is -0.131. The lowest BCUT2D eigenvalue weighted by Crippen LogP contribution is -2.03. The Labute approximate surface area is 95.0 Å². The Morgan fingerprint density at radius 2 is 2.00 bits per heavy atom. The molecule has 0 saturated heterocycles. The number of allylic oxidation sites excluding steroid dienone is 1. The monoisotopic (exact) mass is 220 g/mol. The van der Waals surface area contributed by atoms with Crippen molar-refractivity contribution >= 4 is 5.97 Å². The molecule has 16 heavy (non-hydrogen) atoms. The van der Waals surface area contributed by atoms with Crippen LogP contribution >= 0.6 is 0 Å². The lowest BCUT2D eigenvalue weighted by Gasteiger charge is -2.12. The average Bonchev–Trinajstić information content (AvgIpc) is 2.30. The highest BCUT2D eigenvalue weighted by Crippen LogP contribution is 2.20. The topological polar surface area (TPSA) is 57.5 Å². The Bertz CT molecular complexity index is 343. The van der Waals surface area contributed by atoms with E-state index in [0.29, 0.717) is 6.42 Å². The van der Waals surface area contributed by atoms with Crippen molar-refractivity contribution in [1.82, 2.24) is 0 Å². The zero-order valence-electron chi connectivity index (χ0n) is 9.04. The summed E-state index contributed by atoms with van der Waals surface area (Å²) in [5, 5.41) is 17.7. The Hall–Kier alpha value is -1.61. The third kappa shape index (κ3) is 4.28. The number of carboxylic acid groups (broad SMARTS) is 1. The molecule has 0 aromatic heterocycles. The van der Waals surface area contributed by atoms with Crippen LogP contribution in [0.4, 0.5) is 0 Å². The van der Waals surface area contributed by atoms with Crippen LogP contribution in [0, 0.1) is 0 Å². The maximum atomic E-state index is 10.2. The van der Waals surface area contributed by atoms with Gasteiger partial charge in [0, 0.05) is 18.6 Å². The van der Waals surface area contributed by atoms with Crippen LogP contribution in [0.25, 0.3) is 0 Å². The zero-order valence-corrected chi connectivity index (χ0v) is 9.04. The molecule has 2 N–H and O–H groups in total. The van der Waals surface area contributed by atoms with Crippen LogP contribution < -0.4 is 0 Å². The van der Waals surface area contributed by atoms with E-state index in [2.05, 4.69) is 0 Å². The predicted octanol–water partition coefficient (Wildman–Crippen LogP) is 2.18. The summed E-state index contributed by atoms with van der Waals surface area (Å²) in [6.07, 6.45) is 4.17. The fourth-order valence-electron chi connectivity index (χ4n) is 1.57. The largest absolute Gasteiger partial charge is 0.478 e. The first-order valence-corrected chi connectivity index (χ1v) is 5.29. The van der Waals surface area contributed by atoms with Gasteiger partial charge in [-0.1, -0.05) is 36.4 Å². The fourth-order valence-corrected chi connectivity index (χ4v) is 1.57. The summed E-state index contributed by atoms with van der Waals surface area (Å²) in [5.41, 5.74) is 1.09. The van der Waals surface area contributed by atoms with Gasteiger partial charge in [0.1, 0.15) is 0 Å². The van der Waals surface area contributed by atoms with Crippen molar-refractivity contribution < 1.29 is 15.0 Å². The second-order valence-corrected chi connectivity index (χ2v) is 3.61. The standard InChI is InChI=1S/C13H16O3/c14-10-12(8-4-5-9-13(15)16)11-6-2-1-3-7-11/h1-3,5-7,9,12,14H,4,8,10H2,(H,15,16)/b9-5+. The molecule has 1 atom stereocenters. The molecule has 86 valence electrons. The maximum absolute atomic E-state index is 10.2. The fraction of sp³-hybridized carbons (Fsp3) is 0.308. The molecule has 0 spiro atoms. The number of carboxylic acids is 1. The molecular weight excluding hydrogens is 204 g/mol. The minimum atomic E-state index is -0.930. The second-order valence-electron chi connectivity index (χ2n) is 3.61. The number of hydrogen-bond acceptors (Lipinski definition) is 2. The van der Waals surface area contributed by atoms with Crippen LogP contribution in [0.2, 0.25) is 0 Å². The Kier molecular flexibility index (Phi) is 5.29. The summed E-state index contributed by atoms with van der Waals surface area (Å²) < 4.78 is 0. The number of aliphatic hydroxyl groups excluding tert-OH is 1. The number of hydrogen-bond donors (Lipinski definition) is 2. The van der Waals surface area contributed by atoms with E-state index in [9.17, 15) is 9.90 Å². The van der Waals surface area contributed by atoms with Crippen LogP contribution in [-0.4, -0.2) is 22.8 Å². The van der Waals surface area contributed by atoms with E-state index in [-0.39, 0.29) is 12.5 Å². The first-order valence-electron chi connectivity index (χ1n) is 5.29. The van der Waals surface area contributed by atoms with Crippen LogP contribution in [0.3, 0.4) is 0 Å². The molecule has 0 aliphatic heterocycles. The first kappa shape index (κ1) is 12.5. The van der Waals surface area contributed by atoms with Gasteiger partial charge >= 0.3 is 5.97 Å². The molecule has 0 amide bonds. The zero-order chi connectivity index (χ0) is 11.8. The van der Waals surface area contributed by atoms with Crippen LogP contribution in [-0.2, 0) is 4.79 Å². The molecule has 3 heteroatoms. The quantitative estimate of drug-likeness (QED) is 0.722. The van der Waals surface area contributed by atoms with E-state index in [0.717, 1.165) is 18.1 Å². The molecule has 0 saturated carbocycles. The van der Waals surface area contributed by atoms with Gasteiger partial charge in [-0.15, -0.1) is 0 Å². The van der Waals surface area contributed by atoms with Gasteiger partial charge in [-0.05, 0) is 18.4 Å². The summed E-state index contributed by atoms with van der Waals surface area (Å²) in [4.78, 5) is 10.2. The molecule has 1 aromatic carbocycles. The molecule has 3 nitrogen and oxygen atoms in total. The van der Waals surface area contributed by atoms with Crippen molar-refractivity contribution in [3.05, 3.63) is 48.0 Å². The third-order valence-electron chi connectivity index (χ3n) is 2.43. The van der Waals surface area contributed by atoms with Crippen LogP contribution in [0.1, 0.15) is 24.3 Å².